The van der Waals surface area contributed by atoms with E-state index in [9.17, 15) is 13.2 Å². The number of hydrogen-bond acceptors (Lipinski definition) is 1. The highest BCUT2D eigenvalue weighted by molar-refractivity contribution is 9.10. The van der Waals surface area contributed by atoms with Crippen molar-refractivity contribution in [1.29, 1.82) is 0 Å². The van der Waals surface area contributed by atoms with Gasteiger partial charge in [0.05, 0.1) is 5.69 Å². The van der Waals surface area contributed by atoms with Gasteiger partial charge in [-0.1, -0.05) is 15.9 Å². The van der Waals surface area contributed by atoms with Crippen molar-refractivity contribution < 1.29 is 13.2 Å². The Morgan fingerprint density at radius 2 is 1.61 bits per heavy atom. The van der Waals surface area contributed by atoms with Crippen LogP contribution in [0.4, 0.5) is 18.9 Å². The molecular formula is C13H9BrF3N. The topological polar surface area (TPSA) is 12.0 Å². The lowest BCUT2D eigenvalue weighted by Crippen LogP contribution is -2.02. The Morgan fingerprint density at radius 1 is 0.944 bits per heavy atom. The van der Waals surface area contributed by atoms with E-state index in [1.54, 1.807) is 12.1 Å². The molecular weight excluding hydrogens is 307 g/mol. The number of benzene rings is 2. The Hall–Kier alpha value is -1.49. The largest absolute Gasteiger partial charge is 0.379 e. The molecule has 2 aromatic carbocycles. The number of hydrogen-bond donors (Lipinski definition) is 1. The fourth-order valence-corrected chi connectivity index (χ4v) is 1.90. The summed E-state index contributed by atoms with van der Waals surface area (Å²) in [6.07, 6.45) is 0. The van der Waals surface area contributed by atoms with Crippen LogP contribution >= 0.6 is 15.9 Å². The summed E-state index contributed by atoms with van der Waals surface area (Å²) < 4.78 is 40.0. The van der Waals surface area contributed by atoms with Crippen LogP contribution < -0.4 is 5.32 Å². The van der Waals surface area contributed by atoms with Gasteiger partial charge in [0.25, 0.3) is 0 Å². The third kappa shape index (κ3) is 3.26. The van der Waals surface area contributed by atoms with E-state index in [-0.39, 0.29) is 12.2 Å². The average Bonchev–Trinajstić information content (AvgIpc) is 2.29. The minimum atomic E-state index is -0.651. The zero-order chi connectivity index (χ0) is 13.1. The van der Waals surface area contributed by atoms with Gasteiger partial charge in [0.15, 0.2) is 0 Å². The first-order valence-electron chi connectivity index (χ1n) is 5.18. The minimum Gasteiger partial charge on any atom is -0.379 e. The van der Waals surface area contributed by atoms with Crippen LogP contribution in [-0.2, 0) is 6.54 Å². The molecule has 0 heterocycles. The van der Waals surface area contributed by atoms with Gasteiger partial charge in [0.1, 0.15) is 17.5 Å². The molecule has 0 amide bonds. The molecule has 0 unspecified atom stereocenters. The zero-order valence-electron chi connectivity index (χ0n) is 9.18. The molecule has 2 aromatic rings. The lowest BCUT2D eigenvalue weighted by molar-refractivity contribution is 0.580. The molecule has 0 saturated heterocycles. The van der Waals surface area contributed by atoms with Crippen LogP contribution in [0.3, 0.4) is 0 Å². The Kier molecular flexibility index (Phi) is 3.91. The fourth-order valence-electron chi connectivity index (χ4n) is 1.54. The minimum absolute atomic E-state index is 0.141. The van der Waals surface area contributed by atoms with Gasteiger partial charge in [0, 0.05) is 17.1 Å². The van der Waals surface area contributed by atoms with Gasteiger partial charge in [-0.2, -0.15) is 0 Å². The fraction of sp³-hybridized carbons (Fsp3) is 0.0769. The van der Waals surface area contributed by atoms with Crippen LogP contribution in [0.2, 0.25) is 0 Å². The molecule has 18 heavy (non-hydrogen) atoms. The van der Waals surface area contributed by atoms with Gasteiger partial charge in [-0.15, -0.1) is 0 Å². The Balaban J connectivity index is 2.13. The molecule has 1 N–H and O–H groups in total. The molecule has 5 heteroatoms. The van der Waals surface area contributed by atoms with Crippen LogP contribution in [0.25, 0.3) is 0 Å². The van der Waals surface area contributed by atoms with E-state index < -0.39 is 17.5 Å². The third-order valence-electron chi connectivity index (χ3n) is 2.33. The molecule has 0 saturated carbocycles. The van der Waals surface area contributed by atoms with Crippen molar-refractivity contribution in [2.45, 2.75) is 6.54 Å². The van der Waals surface area contributed by atoms with Gasteiger partial charge in [0.2, 0.25) is 0 Å². The number of anilines is 1. The van der Waals surface area contributed by atoms with Crippen molar-refractivity contribution >= 4 is 21.6 Å². The van der Waals surface area contributed by atoms with Crippen LogP contribution in [0.1, 0.15) is 5.56 Å². The lowest BCUT2D eigenvalue weighted by atomic mass is 10.2. The van der Waals surface area contributed by atoms with Crippen LogP contribution in [0, 0.1) is 17.5 Å². The highest BCUT2D eigenvalue weighted by Crippen LogP contribution is 2.21. The van der Waals surface area contributed by atoms with Gasteiger partial charge < -0.3 is 5.32 Å². The Bertz CT molecular complexity index is 552. The standard InChI is InChI=1S/C13H9BrF3N/c14-9-1-2-12(17)13(5-9)18-7-8-3-10(15)6-11(16)4-8/h1-6,18H,7H2. The quantitative estimate of drug-likeness (QED) is 0.880. The first-order valence-corrected chi connectivity index (χ1v) is 5.98. The zero-order valence-corrected chi connectivity index (χ0v) is 10.8. The second-order valence-corrected chi connectivity index (χ2v) is 4.67. The summed E-state index contributed by atoms with van der Waals surface area (Å²) in [4.78, 5) is 0. The molecule has 0 bridgehead atoms. The van der Waals surface area contributed by atoms with Crippen molar-refractivity contribution in [3.8, 4) is 0 Å². The van der Waals surface area contributed by atoms with Crippen molar-refractivity contribution in [3.05, 3.63) is 63.9 Å². The maximum absolute atomic E-state index is 13.4. The molecule has 94 valence electrons. The predicted molar refractivity (Wildman–Crippen MR) is 67.8 cm³/mol. The molecule has 0 atom stereocenters. The van der Waals surface area contributed by atoms with E-state index in [1.165, 1.54) is 18.2 Å². The highest BCUT2D eigenvalue weighted by Gasteiger charge is 2.04. The monoisotopic (exact) mass is 315 g/mol. The van der Waals surface area contributed by atoms with Crippen molar-refractivity contribution in [2.24, 2.45) is 0 Å². The van der Waals surface area contributed by atoms with Crippen LogP contribution in [-0.4, -0.2) is 0 Å². The summed E-state index contributed by atoms with van der Waals surface area (Å²) in [5, 5.41) is 2.79. The molecule has 0 spiro atoms. The first kappa shape index (κ1) is 13.0. The average molecular weight is 316 g/mol. The SMILES string of the molecule is Fc1cc(F)cc(CNc2cc(Br)ccc2F)c1. The number of nitrogens with one attached hydrogen (secondary N) is 1. The number of halogens is 4. The van der Waals surface area contributed by atoms with E-state index in [2.05, 4.69) is 21.2 Å². The van der Waals surface area contributed by atoms with E-state index >= 15 is 0 Å². The molecule has 0 aliphatic heterocycles. The van der Waals surface area contributed by atoms with Crippen molar-refractivity contribution in [1.82, 2.24) is 0 Å². The van der Waals surface area contributed by atoms with E-state index in [0.717, 1.165) is 10.5 Å². The molecule has 0 aliphatic rings. The molecule has 1 nitrogen and oxygen atoms in total. The third-order valence-corrected chi connectivity index (χ3v) is 2.83. The van der Waals surface area contributed by atoms with Crippen LogP contribution in [0.5, 0.6) is 0 Å². The molecule has 0 fully saturated rings. The van der Waals surface area contributed by atoms with Gasteiger partial charge in [-0.25, -0.2) is 13.2 Å². The summed E-state index contributed by atoms with van der Waals surface area (Å²) in [5.41, 5.74) is 0.681. The smallest absolute Gasteiger partial charge is 0.146 e. The van der Waals surface area contributed by atoms with Gasteiger partial charge in [-0.3, -0.25) is 0 Å². The second kappa shape index (κ2) is 5.44. The van der Waals surface area contributed by atoms with E-state index in [0.29, 0.717) is 5.56 Å². The van der Waals surface area contributed by atoms with Gasteiger partial charge >= 0.3 is 0 Å². The number of rotatable bonds is 3. The lowest BCUT2D eigenvalue weighted by Gasteiger charge is -2.08. The van der Waals surface area contributed by atoms with E-state index in [4.69, 9.17) is 0 Å². The van der Waals surface area contributed by atoms with Crippen molar-refractivity contribution in [2.75, 3.05) is 5.32 Å². The second-order valence-electron chi connectivity index (χ2n) is 3.76. The van der Waals surface area contributed by atoms with Gasteiger partial charge in [-0.05, 0) is 35.9 Å². The normalized spacial score (nSPS) is 10.4. The summed E-state index contributed by atoms with van der Waals surface area (Å²) in [5.74, 6) is -1.72. The maximum Gasteiger partial charge on any atom is 0.146 e. The molecule has 0 radical (unpaired) electrons. The van der Waals surface area contributed by atoms with Crippen molar-refractivity contribution in [3.63, 3.8) is 0 Å². The first-order chi connectivity index (χ1) is 8.54. The van der Waals surface area contributed by atoms with Crippen LogP contribution in [0.15, 0.2) is 40.9 Å². The Labute approximate surface area is 111 Å². The summed E-state index contributed by atoms with van der Waals surface area (Å²) in [7, 11) is 0. The summed E-state index contributed by atoms with van der Waals surface area (Å²) >= 11 is 3.22. The Morgan fingerprint density at radius 3 is 2.28 bits per heavy atom. The molecule has 2 rings (SSSR count). The molecule has 0 aromatic heterocycles. The highest BCUT2D eigenvalue weighted by atomic mass is 79.9. The summed E-state index contributed by atoms with van der Waals surface area (Å²) in [6, 6.07) is 7.63. The summed E-state index contributed by atoms with van der Waals surface area (Å²) in [6.45, 7) is 0.141. The predicted octanol–water partition coefficient (Wildman–Crippen LogP) is 4.48. The maximum atomic E-state index is 13.4. The van der Waals surface area contributed by atoms with E-state index in [1.807, 2.05) is 0 Å². The molecule has 0 aliphatic carbocycles.